The van der Waals surface area contributed by atoms with E-state index in [1.807, 2.05) is 36.4 Å². The van der Waals surface area contributed by atoms with Gasteiger partial charge in [-0.05, 0) is 55.5 Å². The topological polar surface area (TPSA) is 103 Å². The van der Waals surface area contributed by atoms with Crippen molar-refractivity contribution in [2.24, 2.45) is 4.99 Å². The zero-order chi connectivity index (χ0) is 23.5. The van der Waals surface area contributed by atoms with Crippen LogP contribution in [0.5, 0.6) is 0 Å². The van der Waals surface area contributed by atoms with Crippen LogP contribution in [0.1, 0.15) is 28.4 Å². The number of morpholine rings is 1. The van der Waals surface area contributed by atoms with Crippen molar-refractivity contribution in [3.05, 3.63) is 76.7 Å². The Morgan fingerprint density at radius 1 is 1.09 bits per heavy atom. The molecule has 0 unspecified atom stereocenters. The van der Waals surface area contributed by atoms with Crippen LogP contribution in [-0.2, 0) is 9.53 Å². The van der Waals surface area contributed by atoms with Crippen LogP contribution in [0, 0.1) is 11.8 Å². The molecule has 0 spiro atoms. The van der Waals surface area contributed by atoms with Crippen LogP contribution in [0.4, 0.5) is 5.69 Å². The molecule has 1 fully saturated rings. The summed E-state index contributed by atoms with van der Waals surface area (Å²) in [7, 11) is 0. The fourth-order valence-corrected chi connectivity index (χ4v) is 3.06. The van der Waals surface area contributed by atoms with Crippen molar-refractivity contribution in [3.63, 3.8) is 0 Å². The first-order valence-corrected chi connectivity index (χ1v) is 10.5. The Morgan fingerprint density at radius 3 is 2.27 bits per heavy atom. The minimum Gasteiger partial charge on any atom is -0.511 e. The van der Waals surface area contributed by atoms with Crippen LogP contribution in [0.3, 0.4) is 0 Å². The number of nitrogens with zero attached hydrogens (tertiary/aromatic N) is 2. The van der Waals surface area contributed by atoms with E-state index >= 15 is 0 Å². The van der Waals surface area contributed by atoms with E-state index in [4.69, 9.17) is 4.74 Å². The van der Waals surface area contributed by atoms with Gasteiger partial charge in [-0.25, -0.2) is 4.99 Å². The van der Waals surface area contributed by atoms with Gasteiger partial charge in [-0.15, -0.1) is 0 Å². The fraction of sp³-hybridized carbons (Fsp3) is 0.240. The molecule has 0 aromatic heterocycles. The molecular formula is C25H26N4O4. The number of hydrogen-bond acceptors (Lipinski definition) is 6. The molecule has 0 radical (unpaired) electrons. The van der Waals surface area contributed by atoms with Crippen LogP contribution in [-0.4, -0.2) is 61.5 Å². The third-order valence-electron chi connectivity index (χ3n) is 4.91. The number of aliphatic hydroxyl groups is 1. The Kier molecular flexibility index (Phi) is 8.63. The van der Waals surface area contributed by atoms with Crippen molar-refractivity contribution in [1.82, 2.24) is 10.2 Å². The van der Waals surface area contributed by atoms with E-state index in [0.717, 1.165) is 16.8 Å². The molecule has 170 valence electrons. The highest BCUT2D eigenvalue weighted by Gasteiger charge is 2.18. The van der Waals surface area contributed by atoms with Crippen LogP contribution < -0.4 is 10.6 Å². The number of amides is 2. The summed E-state index contributed by atoms with van der Waals surface area (Å²) in [6, 6.07) is 14.8. The Bertz CT molecular complexity index is 1070. The van der Waals surface area contributed by atoms with Crippen LogP contribution >= 0.6 is 0 Å². The SMILES string of the molecule is C/C(O)=C(/CNc1ccc(C#Cc2ccc(C(=O)N3CCOCC3)cc2)cc1)N=CNC=O. The highest BCUT2D eigenvalue weighted by molar-refractivity contribution is 5.94. The molecule has 2 aromatic carbocycles. The van der Waals surface area contributed by atoms with Crippen LogP contribution in [0.2, 0.25) is 0 Å². The summed E-state index contributed by atoms with van der Waals surface area (Å²) in [6.07, 6.45) is 1.72. The molecule has 0 saturated carbocycles. The first-order chi connectivity index (χ1) is 16.1. The number of aliphatic hydroxyl groups excluding tert-OH is 1. The van der Waals surface area contributed by atoms with E-state index < -0.39 is 0 Å². The minimum absolute atomic E-state index is 0.0148. The normalized spacial score (nSPS) is 14.2. The van der Waals surface area contributed by atoms with Gasteiger partial charge in [0.05, 0.1) is 31.8 Å². The molecule has 0 bridgehead atoms. The highest BCUT2D eigenvalue weighted by Crippen LogP contribution is 2.12. The van der Waals surface area contributed by atoms with E-state index in [9.17, 15) is 14.7 Å². The summed E-state index contributed by atoms with van der Waals surface area (Å²) in [5, 5.41) is 15.2. The molecule has 3 N–H and O–H groups in total. The van der Waals surface area contributed by atoms with E-state index in [1.165, 1.54) is 13.3 Å². The molecule has 1 aliphatic rings. The average molecular weight is 447 g/mol. The number of aliphatic imine (C=N–C) groups is 1. The van der Waals surface area contributed by atoms with Gasteiger partial charge < -0.3 is 25.4 Å². The van der Waals surface area contributed by atoms with Gasteiger partial charge in [0.25, 0.3) is 5.91 Å². The zero-order valence-corrected chi connectivity index (χ0v) is 18.4. The van der Waals surface area contributed by atoms with Gasteiger partial charge in [0.2, 0.25) is 6.41 Å². The maximum Gasteiger partial charge on any atom is 0.254 e. The Labute approximate surface area is 193 Å². The lowest BCUT2D eigenvalue weighted by Crippen LogP contribution is -2.40. The molecule has 2 aromatic rings. The number of carbonyl (C=O) groups excluding carboxylic acids is 2. The predicted molar refractivity (Wildman–Crippen MR) is 127 cm³/mol. The quantitative estimate of drug-likeness (QED) is 0.199. The molecule has 8 heteroatoms. The second kappa shape index (κ2) is 12.1. The van der Waals surface area contributed by atoms with Crippen molar-refractivity contribution < 1.29 is 19.4 Å². The van der Waals surface area contributed by atoms with E-state index in [-0.39, 0.29) is 11.7 Å². The molecule has 0 aliphatic carbocycles. The van der Waals surface area contributed by atoms with Crippen molar-refractivity contribution >= 4 is 24.3 Å². The molecule has 8 nitrogen and oxygen atoms in total. The second-order valence-electron chi connectivity index (χ2n) is 7.24. The third-order valence-corrected chi connectivity index (χ3v) is 4.91. The summed E-state index contributed by atoms with van der Waals surface area (Å²) in [4.78, 5) is 28.6. The van der Waals surface area contributed by atoms with Gasteiger partial charge in [-0.1, -0.05) is 11.8 Å². The Morgan fingerprint density at radius 2 is 1.70 bits per heavy atom. The summed E-state index contributed by atoms with van der Waals surface area (Å²) >= 11 is 0. The fourth-order valence-electron chi connectivity index (χ4n) is 3.06. The Balaban J connectivity index is 1.57. The lowest BCUT2D eigenvalue weighted by molar-refractivity contribution is -0.108. The summed E-state index contributed by atoms with van der Waals surface area (Å²) in [5.74, 6) is 6.30. The molecule has 2 amide bonds. The van der Waals surface area contributed by atoms with Gasteiger partial charge in [0.15, 0.2) is 0 Å². The number of rotatable bonds is 7. The molecular weight excluding hydrogens is 420 g/mol. The minimum atomic E-state index is 0.0148. The standard InChI is InChI=1S/C25H26N4O4/c1-19(31)24(28-17-26-18-30)16-27-23-10-6-21(7-11-23)3-2-20-4-8-22(9-5-20)25(32)29-12-14-33-15-13-29/h4-11,17-18,27,31H,12-16H2,1H3,(H,26,28,30)/b24-19+. The van der Waals surface area contributed by atoms with Crippen molar-refractivity contribution in [2.45, 2.75) is 6.92 Å². The third kappa shape index (κ3) is 7.23. The van der Waals surface area contributed by atoms with Crippen molar-refractivity contribution in [3.8, 4) is 11.8 Å². The number of nitrogens with one attached hydrogen (secondary N) is 2. The monoisotopic (exact) mass is 446 g/mol. The summed E-state index contributed by atoms with van der Waals surface area (Å²) in [6.45, 7) is 4.21. The predicted octanol–water partition coefficient (Wildman–Crippen LogP) is 2.53. The molecule has 33 heavy (non-hydrogen) atoms. The molecule has 1 heterocycles. The average Bonchev–Trinajstić information content (AvgIpc) is 2.85. The first kappa shape index (κ1) is 23.6. The van der Waals surface area contributed by atoms with Crippen LogP contribution in [0.25, 0.3) is 0 Å². The Hall–Kier alpha value is -4.09. The van der Waals surface area contributed by atoms with Crippen LogP contribution in [0.15, 0.2) is 65.0 Å². The number of hydrogen-bond donors (Lipinski definition) is 3. The van der Waals surface area contributed by atoms with Gasteiger partial charge in [0, 0.05) is 35.5 Å². The maximum atomic E-state index is 12.5. The number of ether oxygens (including phenoxy) is 1. The number of carbonyl (C=O) groups is 2. The lowest BCUT2D eigenvalue weighted by atomic mass is 10.1. The van der Waals surface area contributed by atoms with Gasteiger partial charge in [0.1, 0.15) is 5.76 Å². The molecule has 1 saturated heterocycles. The molecule has 1 aliphatic heterocycles. The zero-order valence-electron chi connectivity index (χ0n) is 18.4. The van der Waals surface area contributed by atoms with E-state index in [2.05, 4.69) is 27.5 Å². The number of benzene rings is 2. The van der Waals surface area contributed by atoms with E-state index in [1.54, 1.807) is 17.0 Å². The van der Waals surface area contributed by atoms with Gasteiger partial charge >= 0.3 is 0 Å². The molecule has 3 rings (SSSR count). The van der Waals surface area contributed by atoms with Gasteiger partial charge in [-0.2, -0.15) is 0 Å². The van der Waals surface area contributed by atoms with Crippen molar-refractivity contribution in [2.75, 3.05) is 38.2 Å². The summed E-state index contributed by atoms with van der Waals surface area (Å²) < 4.78 is 5.29. The lowest BCUT2D eigenvalue weighted by Gasteiger charge is -2.26. The van der Waals surface area contributed by atoms with E-state index in [0.29, 0.717) is 50.5 Å². The second-order valence-corrected chi connectivity index (χ2v) is 7.24. The number of anilines is 1. The first-order valence-electron chi connectivity index (χ1n) is 10.5. The summed E-state index contributed by atoms with van der Waals surface area (Å²) in [5.41, 5.74) is 3.56. The largest absolute Gasteiger partial charge is 0.511 e. The smallest absolute Gasteiger partial charge is 0.254 e. The van der Waals surface area contributed by atoms with Crippen molar-refractivity contribution in [1.29, 1.82) is 0 Å². The van der Waals surface area contributed by atoms with Gasteiger partial charge in [-0.3, -0.25) is 9.59 Å². The number of allylic oxidation sites excluding steroid dienone is 1. The molecule has 0 atom stereocenters. The maximum absolute atomic E-state index is 12.5. The highest BCUT2D eigenvalue weighted by atomic mass is 16.5.